The molecule has 5 nitrogen and oxygen atoms in total. The number of aryl methyl sites for hydroxylation is 1. The minimum Gasteiger partial charge on any atom is -0.507 e. The number of rotatable bonds is 6. The maximum Gasteiger partial charge on any atom is 0.313 e. The Labute approximate surface area is 176 Å². The van der Waals surface area contributed by atoms with Crippen LogP contribution in [-0.2, 0) is 16.0 Å². The molecular weight excluding hydrogens is 471 g/mol. The number of carbonyl (C=O) groups excluding carboxylic acids is 2. The molecule has 0 radical (unpaired) electrons. The van der Waals surface area contributed by atoms with Gasteiger partial charge in [-0.3, -0.25) is 9.59 Å². The molecule has 1 N–H and O–H groups in total. The number of ether oxygens (including phenoxy) is 1. The molecule has 6 heteroatoms. The second-order valence-corrected chi connectivity index (χ2v) is 7.90. The number of phenols is 1. The van der Waals surface area contributed by atoms with Crippen LogP contribution in [0.3, 0.4) is 0 Å². The number of aromatic hydroxyl groups is 1. The van der Waals surface area contributed by atoms with Gasteiger partial charge in [0.1, 0.15) is 23.5 Å². The lowest BCUT2D eigenvalue weighted by molar-refractivity contribution is -0.147. The first-order valence-electron chi connectivity index (χ1n) is 9.05. The lowest BCUT2D eigenvalue weighted by atomic mass is 9.98. The van der Waals surface area contributed by atoms with E-state index in [1.807, 2.05) is 48.6 Å². The highest BCUT2D eigenvalue weighted by molar-refractivity contribution is 14.1. The van der Waals surface area contributed by atoms with Gasteiger partial charge in [-0.1, -0.05) is 25.1 Å². The molecule has 0 bridgehead atoms. The summed E-state index contributed by atoms with van der Waals surface area (Å²) in [4.78, 5) is 25.6. The van der Waals surface area contributed by atoms with Crippen molar-refractivity contribution >= 4 is 45.3 Å². The Morgan fingerprint density at radius 2 is 1.96 bits per heavy atom. The standard InChI is InChI=1S/C22H21IO5/c1-4-13(3)27-19(24)11-18-20(15-7-5-6-8-17(15)28-18)22(26)14-9-12(2)21(25)16(23)10-14/h5-10,13,25H,4,11H2,1-3H3/t13-/m0/s1. The van der Waals surface area contributed by atoms with Gasteiger partial charge in [-0.25, -0.2) is 0 Å². The minimum atomic E-state index is -0.432. The Balaban J connectivity index is 2.06. The van der Waals surface area contributed by atoms with E-state index in [0.717, 1.165) is 0 Å². The molecule has 0 saturated carbocycles. The van der Waals surface area contributed by atoms with E-state index in [9.17, 15) is 14.7 Å². The van der Waals surface area contributed by atoms with Crippen molar-refractivity contribution in [2.24, 2.45) is 0 Å². The molecule has 28 heavy (non-hydrogen) atoms. The zero-order valence-corrected chi connectivity index (χ0v) is 18.1. The van der Waals surface area contributed by atoms with Gasteiger partial charge in [0.25, 0.3) is 0 Å². The van der Waals surface area contributed by atoms with Gasteiger partial charge in [-0.15, -0.1) is 0 Å². The second kappa shape index (κ2) is 8.34. The summed E-state index contributed by atoms with van der Waals surface area (Å²) in [6.45, 7) is 5.50. The van der Waals surface area contributed by atoms with Crippen LogP contribution in [0.25, 0.3) is 11.0 Å². The molecule has 3 aromatic rings. The molecule has 1 aromatic heterocycles. The van der Waals surface area contributed by atoms with E-state index in [1.54, 1.807) is 31.2 Å². The zero-order chi connectivity index (χ0) is 20.4. The van der Waals surface area contributed by atoms with Gasteiger partial charge in [-0.2, -0.15) is 0 Å². The average molecular weight is 492 g/mol. The number of para-hydroxylation sites is 1. The predicted molar refractivity (Wildman–Crippen MR) is 115 cm³/mol. The molecule has 0 aliphatic heterocycles. The summed E-state index contributed by atoms with van der Waals surface area (Å²) >= 11 is 1.99. The summed E-state index contributed by atoms with van der Waals surface area (Å²) < 4.78 is 11.8. The van der Waals surface area contributed by atoms with Crippen LogP contribution in [0.15, 0.2) is 40.8 Å². The largest absolute Gasteiger partial charge is 0.507 e. The number of hydrogen-bond donors (Lipinski definition) is 1. The molecule has 1 heterocycles. The molecule has 3 rings (SSSR count). The number of ketones is 1. The molecule has 0 amide bonds. The van der Waals surface area contributed by atoms with Crippen molar-refractivity contribution in [3.05, 3.63) is 62.4 Å². The van der Waals surface area contributed by atoms with E-state index in [4.69, 9.17) is 9.15 Å². The number of furan rings is 1. The lowest BCUT2D eigenvalue weighted by Gasteiger charge is -2.10. The van der Waals surface area contributed by atoms with E-state index in [-0.39, 0.29) is 24.1 Å². The van der Waals surface area contributed by atoms with Crippen LogP contribution in [0, 0.1) is 10.5 Å². The van der Waals surface area contributed by atoms with Crippen molar-refractivity contribution in [3.8, 4) is 5.75 Å². The van der Waals surface area contributed by atoms with Crippen LogP contribution < -0.4 is 0 Å². The van der Waals surface area contributed by atoms with Gasteiger partial charge in [0.05, 0.1) is 15.2 Å². The number of phenolic OH excluding ortho intramolecular Hbond substituents is 1. The van der Waals surface area contributed by atoms with Crippen LogP contribution in [0.2, 0.25) is 0 Å². The minimum absolute atomic E-state index is 0.117. The summed E-state index contributed by atoms with van der Waals surface area (Å²) in [5, 5.41) is 10.6. The highest BCUT2D eigenvalue weighted by Crippen LogP contribution is 2.31. The first-order valence-corrected chi connectivity index (χ1v) is 10.1. The first kappa shape index (κ1) is 20.4. The maximum absolute atomic E-state index is 13.3. The van der Waals surface area contributed by atoms with Crippen molar-refractivity contribution in [3.63, 3.8) is 0 Å². The number of carbonyl (C=O) groups is 2. The Bertz CT molecular complexity index is 1030. The third kappa shape index (κ3) is 4.06. The van der Waals surface area contributed by atoms with Gasteiger partial charge in [-0.05, 0) is 66.6 Å². The molecule has 2 aromatic carbocycles. The van der Waals surface area contributed by atoms with E-state index < -0.39 is 5.97 Å². The van der Waals surface area contributed by atoms with E-state index >= 15 is 0 Å². The third-order valence-corrected chi connectivity index (χ3v) is 5.45. The third-order valence-electron chi connectivity index (χ3n) is 4.62. The number of halogens is 1. The Kier molecular flexibility index (Phi) is 6.07. The molecule has 0 saturated heterocycles. The Hall–Kier alpha value is -2.35. The fourth-order valence-corrected chi connectivity index (χ4v) is 3.72. The highest BCUT2D eigenvalue weighted by Gasteiger charge is 2.25. The van der Waals surface area contributed by atoms with E-state index in [0.29, 0.717) is 43.4 Å². The molecule has 0 aliphatic rings. The monoisotopic (exact) mass is 492 g/mol. The zero-order valence-electron chi connectivity index (χ0n) is 15.9. The molecule has 0 fully saturated rings. The van der Waals surface area contributed by atoms with Crippen LogP contribution in [0.4, 0.5) is 0 Å². The van der Waals surface area contributed by atoms with Crippen molar-refractivity contribution in [1.29, 1.82) is 0 Å². The van der Waals surface area contributed by atoms with Crippen molar-refractivity contribution in [2.75, 3.05) is 0 Å². The molecule has 146 valence electrons. The van der Waals surface area contributed by atoms with Crippen LogP contribution in [-0.4, -0.2) is 23.0 Å². The summed E-state index contributed by atoms with van der Waals surface area (Å²) in [6.07, 6.45) is 0.397. The molecule has 0 unspecified atom stereocenters. The van der Waals surface area contributed by atoms with Crippen molar-refractivity contribution in [1.82, 2.24) is 0 Å². The smallest absolute Gasteiger partial charge is 0.313 e. The topological polar surface area (TPSA) is 76.7 Å². The normalized spacial score (nSPS) is 12.1. The van der Waals surface area contributed by atoms with Crippen molar-refractivity contribution in [2.45, 2.75) is 39.7 Å². The van der Waals surface area contributed by atoms with Gasteiger partial charge in [0.2, 0.25) is 0 Å². The highest BCUT2D eigenvalue weighted by atomic mass is 127. The molecule has 1 atom stereocenters. The Morgan fingerprint density at radius 1 is 1.25 bits per heavy atom. The van der Waals surface area contributed by atoms with Gasteiger partial charge < -0.3 is 14.3 Å². The van der Waals surface area contributed by atoms with Crippen LogP contribution >= 0.6 is 22.6 Å². The number of fused-ring (bicyclic) bond motifs is 1. The summed E-state index contributed by atoms with van der Waals surface area (Å²) in [7, 11) is 0. The van der Waals surface area contributed by atoms with Gasteiger partial charge in [0.15, 0.2) is 5.78 Å². The maximum atomic E-state index is 13.3. The number of esters is 1. The number of benzene rings is 2. The fraction of sp³-hybridized carbons (Fsp3) is 0.273. The first-order chi connectivity index (χ1) is 13.3. The van der Waals surface area contributed by atoms with Gasteiger partial charge >= 0.3 is 5.97 Å². The van der Waals surface area contributed by atoms with Crippen molar-refractivity contribution < 1.29 is 23.8 Å². The van der Waals surface area contributed by atoms with Crippen LogP contribution in [0.1, 0.15) is 47.5 Å². The Morgan fingerprint density at radius 3 is 2.64 bits per heavy atom. The fourth-order valence-electron chi connectivity index (χ4n) is 2.96. The van der Waals surface area contributed by atoms with Gasteiger partial charge in [0, 0.05) is 10.9 Å². The van der Waals surface area contributed by atoms with E-state index in [1.165, 1.54) is 0 Å². The molecule has 0 spiro atoms. The summed E-state index contributed by atoms with van der Waals surface area (Å²) in [5.41, 5.74) is 1.95. The second-order valence-electron chi connectivity index (χ2n) is 6.73. The van der Waals surface area contributed by atoms with E-state index in [2.05, 4.69) is 0 Å². The SMILES string of the molecule is CC[C@H](C)OC(=O)Cc1oc2ccccc2c1C(=O)c1cc(C)c(O)c(I)c1. The lowest BCUT2D eigenvalue weighted by Crippen LogP contribution is -2.17. The quantitative estimate of drug-likeness (QED) is 0.292. The molecule has 0 aliphatic carbocycles. The average Bonchev–Trinajstić information content (AvgIpc) is 3.02. The molecular formula is C22H21IO5. The number of hydrogen-bond acceptors (Lipinski definition) is 5. The summed E-state index contributed by atoms with van der Waals surface area (Å²) in [6, 6.07) is 10.5. The summed E-state index contributed by atoms with van der Waals surface area (Å²) in [5.74, 6) is -0.233. The van der Waals surface area contributed by atoms with Crippen LogP contribution in [0.5, 0.6) is 5.75 Å². The predicted octanol–water partition coefficient (Wildman–Crippen LogP) is 5.17.